The van der Waals surface area contributed by atoms with E-state index in [1.807, 2.05) is 13.0 Å². The van der Waals surface area contributed by atoms with E-state index in [2.05, 4.69) is 10.6 Å². The fourth-order valence-electron chi connectivity index (χ4n) is 2.16. The van der Waals surface area contributed by atoms with E-state index in [-0.39, 0.29) is 11.7 Å². The molecule has 0 saturated carbocycles. The van der Waals surface area contributed by atoms with E-state index in [1.54, 1.807) is 19.2 Å². The van der Waals surface area contributed by atoms with E-state index >= 15 is 0 Å². The van der Waals surface area contributed by atoms with Crippen molar-refractivity contribution in [2.45, 2.75) is 6.92 Å². The van der Waals surface area contributed by atoms with E-state index in [4.69, 9.17) is 4.74 Å². The zero-order valence-electron chi connectivity index (χ0n) is 13.3. The molecule has 124 valence electrons. The number of amides is 1. The van der Waals surface area contributed by atoms with Gasteiger partial charge in [0.15, 0.2) is 0 Å². The molecule has 1 aromatic heterocycles. The molecule has 0 aliphatic rings. The van der Waals surface area contributed by atoms with E-state index in [9.17, 15) is 9.18 Å². The van der Waals surface area contributed by atoms with Crippen LogP contribution in [0.2, 0.25) is 0 Å². The first-order chi connectivity index (χ1) is 11.1. The second kappa shape index (κ2) is 8.76. The van der Waals surface area contributed by atoms with E-state index in [1.165, 1.54) is 23.5 Å². The summed E-state index contributed by atoms with van der Waals surface area (Å²) in [6, 6.07) is 8.17. The largest absolute Gasteiger partial charge is 0.383 e. The third-order valence-electron chi connectivity index (χ3n) is 3.37. The first-order valence-corrected chi connectivity index (χ1v) is 8.27. The second-order valence-electron chi connectivity index (χ2n) is 5.09. The summed E-state index contributed by atoms with van der Waals surface area (Å²) in [5, 5.41) is 6.05. The molecule has 0 unspecified atom stereocenters. The molecule has 0 fully saturated rings. The molecule has 1 heterocycles. The summed E-state index contributed by atoms with van der Waals surface area (Å²) in [6.07, 6.45) is 0. The molecule has 1 aromatic carbocycles. The number of thiophene rings is 1. The van der Waals surface area contributed by atoms with Gasteiger partial charge in [0.05, 0.1) is 11.5 Å². The maximum absolute atomic E-state index is 13.0. The minimum Gasteiger partial charge on any atom is -0.383 e. The Bertz CT molecular complexity index is 641. The minimum atomic E-state index is -0.263. The minimum absolute atomic E-state index is 0.0833. The van der Waals surface area contributed by atoms with Crippen LogP contribution < -0.4 is 10.6 Å². The number of methoxy groups -OCH3 is 1. The molecule has 0 aliphatic heterocycles. The van der Waals surface area contributed by atoms with Gasteiger partial charge in [0.1, 0.15) is 5.82 Å². The van der Waals surface area contributed by atoms with Crippen molar-refractivity contribution in [2.75, 3.05) is 33.4 Å². The number of hydrogen-bond donors (Lipinski definition) is 2. The van der Waals surface area contributed by atoms with Crippen molar-refractivity contribution in [3.8, 4) is 11.1 Å². The maximum atomic E-state index is 13.0. The summed E-state index contributed by atoms with van der Waals surface area (Å²) in [4.78, 5) is 13.9. The molecule has 2 aromatic rings. The zero-order valence-corrected chi connectivity index (χ0v) is 14.1. The van der Waals surface area contributed by atoms with Crippen LogP contribution in [0.1, 0.15) is 14.5 Å². The monoisotopic (exact) mass is 336 g/mol. The highest BCUT2D eigenvalue weighted by Gasteiger charge is 2.13. The first-order valence-electron chi connectivity index (χ1n) is 7.46. The molecular formula is C17H21FN2O2S. The second-order valence-corrected chi connectivity index (χ2v) is 6.34. The summed E-state index contributed by atoms with van der Waals surface area (Å²) >= 11 is 1.45. The van der Waals surface area contributed by atoms with Crippen LogP contribution in [0.3, 0.4) is 0 Å². The van der Waals surface area contributed by atoms with Gasteiger partial charge in [-0.05, 0) is 36.2 Å². The van der Waals surface area contributed by atoms with Crippen LogP contribution >= 0.6 is 11.3 Å². The van der Waals surface area contributed by atoms with Crippen LogP contribution in [-0.4, -0.2) is 39.3 Å². The standard InChI is InChI=1S/C17H21FN2O2S/c1-12-15(13-3-5-14(18)6-4-13)11-16(23-12)17(21)20-8-7-19-9-10-22-2/h3-6,11,19H,7-10H2,1-2H3,(H,20,21). The molecule has 0 atom stereocenters. The molecule has 1 amide bonds. The third kappa shape index (κ3) is 5.13. The predicted octanol–water partition coefficient (Wildman–Crippen LogP) is 2.83. The molecule has 0 radical (unpaired) electrons. The molecule has 0 spiro atoms. The molecule has 2 rings (SSSR count). The lowest BCUT2D eigenvalue weighted by atomic mass is 10.1. The molecule has 0 saturated heterocycles. The van der Waals surface area contributed by atoms with Crippen molar-refractivity contribution in [2.24, 2.45) is 0 Å². The summed E-state index contributed by atoms with van der Waals surface area (Å²) in [7, 11) is 1.65. The van der Waals surface area contributed by atoms with Gasteiger partial charge in [-0.2, -0.15) is 0 Å². The maximum Gasteiger partial charge on any atom is 0.261 e. The molecule has 2 N–H and O–H groups in total. The van der Waals surface area contributed by atoms with E-state index in [0.717, 1.165) is 22.5 Å². The summed E-state index contributed by atoms with van der Waals surface area (Å²) in [5.41, 5.74) is 1.89. The SMILES string of the molecule is COCCNCCNC(=O)c1cc(-c2ccc(F)cc2)c(C)s1. The van der Waals surface area contributed by atoms with Crippen molar-refractivity contribution in [1.29, 1.82) is 0 Å². The fourth-order valence-corrected chi connectivity index (χ4v) is 3.12. The Morgan fingerprint density at radius 2 is 1.96 bits per heavy atom. The van der Waals surface area contributed by atoms with Gasteiger partial charge in [0.25, 0.3) is 5.91 Å². The number of carbonyl (C=O) groups excluding carboxylic acids is 1. The number of aryl methyl sites for hydroxylation is 1. The topological polar surface area (TPSA) is 50.4 Å². The quantitative estimate of drug-likeness (QED) is 0.729. The Morgan fingerprint density at radius 3 is 2.65 bits per heavy atom. The zero-order chi connectivity index (χ0) is 16.7. The number of carbonyl (C=O) groups is 1. The number of ether oxygens (including phenoxy) is 1. The molecular weight excluding hydrogens is 315 g/mol. The fraction of sp³-hybridized carbons (Fsp3) is 0.353. The van der Waals surface area contributed by atoms with Gasteiger partial charge < -0.3 is 15.4 Å². The number of rotatable bonds is 8. The van der Waals surface area contributed by atoms with Crippen LogP contribution in [0.25, 0.3) is 11.1 Å². The summed E-state index contributed by atoms with van der Waals surface area (Å²) in [5.74, 6) is -0.347. The molecule has 0 aliphatic carbocycles. The lowest BCUT2D eigenvalue weighted by Crippen LogP contribution is -2.32. The highest BCUT2D eigenvalue weighted by atomic mass is 32.1. The number of halogens is 1. The average molecular weight is 336 g/mol. The Hall–Kier alpha value is -1.76. The van der Waals surface area contributed by atoms with Crippen LogP contribution in [0.4, 0.5) is 4.39 Å². The highest BCUT2D eigenvalue weighted by molar-refractivity contribution is 7.14. The normalized spacial score (nSPS) is 10.7. The lowest BCUT2D eigenvalue weighted by molar-refractivity contribution is 0.0957. The van der Waals surface area contributed by atoms with Gasteiger partial charge in [-0.15, -0.1) is 11.3 Å². The lowest BCUT2D eigenvalue weighted by Gasteiger charge is -2.05. The van der Waals surface area contributed by atoms with Crippen LogP contribution in [0.15, 0.2) is 30.3 Å². The van der Waals surface area contributed by atoms with Gasteiger partial charge in [-0.25, -0.2) is 4.39 Å². The average Bonchev–Trinajstić information content (AvgIpc) is 2.93. The van der Waals surface area contributed by atoms with Crippen molar-refractivity contribution in [3.05, 3.63) is 45.9 Å². The smallest absolute Gasteiger partial charge is 0.261 e. The molecule has 23 heavy (non-hydrogen) atoms. The third-order valence-corrected chi connectivity index (χ3v) is 4.42. The highest BCUT2D eigenvalue weighted by Crippen LogP contribution is 2.31. The van der Waals surface area contributed by atoms with Gasteiger partial charge in [-0.3, -0.25) is 4.79 Å². The van der Waals surface area contributed by atoms with Crippen molar-refractivity contribution in [1.82, 2.24) is 10.6 Å². The molecule has 4 nitrogen and oxygen atoms in total. The van der Waals surface area contributed by atoms with Gasteiger partial charge >= 0.3 is 0 Å². The number of nitrogens with one attached hydrogen (secondary N) is 2. The molecule has 6 heteroatoms. The summed E-state index contributed by atoms with van der Waals surface area (Å²) in [6.45, 7) is 4.64. The Labute approximate surface area is 139 Å². The molecule has 0 bridgehead atoms. The Morgan fingerprint density at radius 1 is 1.22 bits per heavy atom. The van der Waals surface area contributed by atoms with Crippen molar-refractivity contribution < 1.29 is 13.9 Å². The predicted molar refractivity (Wildman–Crippen MR) is 91.5 cm³/mol. The van der Waals surface area contributed by atoms with Crippen LogP contribution in [-0.2, 0) is 4.74 Å². The summed E-state index contributed by atoms with van der Waals surface area (Å²) < 4.78 is 17.9. The number of hydrogen-bond acceptors (Lipinski definition) is 4. The van der Waals surface area contributed by atoms with Crippen molar-refractivity contribution in [3.63, 3.8) is 0 Å². The van der Waals surface area contributed by atoms with Crippen LogP contribution in [0, 0.1) is 12.7 Å². The van der Waals surface area contributed by atoms with E-state index in [0.29, 0.717) is 24.6 Å². The van der Waals surface area contributed by atoms with Gasteiger partial charge in [-0.1, -0.05) is 12.1 Å². The Kier molecular flexibility index (Phi) is 6.70. The Balaban J connectivity index is 1.92. The van der Waals surface area contributed by atoms with Gasteiger partial charge in [0.2, 0.25) is 0 Å². The first kappa shape index (κ1) is 17.6. The van der Waals surface area contributed by atoms with Crippen LogP contribution in [0.5, 0.6) is 0 Å². The van der Waals surface area contributed by atoms with Gasteiger partial charge in [0, 0.05) is 31.6 Å². The van der Waals surface area contributed by atoms with Crippen molar-refractivity contribution >= 4 is 17.2 Å². The number of benzene rings is 1. The van der Waals surface area contributed by atoms with E-state index < -0.39 is 0 Å².